The van der Waals surface area contributed by atoms with E-state index in [-0.39, 0.29) is 19.1 Å². The summed E-state index contributed by atoms with van der Waals surface area (Å²) in [5.41, 5.74) is -0.590. The third-order valence-electron chi connectivity index (χ3n) is 2.56. The molecule has 0 saturated heterocycles. The van der Waals surface area contributed by atoms with Crippen molar-refractivity contribution in [2.24, 2.45) is 0 Å². The second kappa shape index (κ2) is 6.61. The molecule has 0 aliphatic carbocycles. The smallest absolute Gasteiger partial charge is 0.323 e. The molecule has 1 aromatic rings. The monoisotopic (exact) mass is 299 g/mol. The molecule has 0 unspecified atom stereocenters. The van der Waals surface area contributed by atoms with Crippen LogP contribution in [0, 0.1) is 0 Å². The summed E-state index contributed by atoms with van der Waals surface area (Å²) in [4.78, 5) is 24.2. The van der Waals surface area contributed by atoms with Gasteiger partial charge < -0.3 is 14.7 Å². The average Bonchev–Trinajstić information content (AvgIpc) is 2.31. The van der Waals surface area contributed by atoms with Gasteiger partial charge in [0.2, 0.25) is 0 Å². The number of aliphatic carboxylic acids is 1. The molecule has 0 aliphatic heterocycles. The van der Waals surface area contributed by atoms with E-state index in [1.807, 2.05) is 0 Å². The molecule has 0 atom stereocenters. The molecule has 0 aliphatic rings. The highest BCUT2D eigenvalue weighted by molar-refractivity contribution is 6.30. The number of carbonyl (C=O) groups is 2. The van der Waals surface area contributed by atoms with E-state index in [0.29, 0.717) is 10.8 Å². The average molecular weight is 300 g/mol. The zero-order valence-electron chi connectivity index (χ0n) is 11.7. The first-order chi connectivity index (χ1) is 9.20. The van der Waals surface area contributed by atoms with Crippen LogP contribution in [0.5, 0.6) is 5.75 Å². The van der Waals surface area contributed by atoms with E-state index in [1.165, 1.54) is 4.90 Å². The minimum absolute atomic E-state index is 0.231. The van der Waals surface area contributed by atoms with Crippen LogP contribution in [0.25, 0.3) is 0 Å². The summed E-state index contributed by atoms with van der Waals surface area (Å²) in [6, 6.07) is 6.67. The Labute approximate surface area is 123 Å². The zero-order valence-corrected chi connectivity index (χ0v) is 12.5. The van der Waals surface area contributed by atoms with Crippen LogP contribution in [0.1, 0.15) is 20.8 Å². The number of hydrogen-bond donors (Lipinski definition) is 1. The fourth-order valence-electron chi connectivity index (χ4n) is 1.61. The van der Waals surface area contributed by atoms with Gasteiger partial charge in [0.25, 0.3) is 5.91 Å². The number of benzene rings is 1. The van der Waals surface area contributed by atoms with Crippen molar-refractivity contribution < 1.29 is 19.4 Å². The van der Waals surface area contributed by atoms with E-state index in [9.17, 15) is 9.59 Å². The largest absolute Gasteiger partial charge is 0.484 e. The summed E-state index contributed by atoms with van der Waals surface area (Å²) in [7, 11) is 0. The standard InChI is InChI=1S/C14H18ClNO4/c1-14(2,3)16(8-13(18)19)12(17)9-20-11-6-4-5-10(15)7-11/h4-7H,8-9H2,1-3H3,(H,18,19). The lowest BCUT2D eigenvalue weighted by atomic mass is 10.1. The molecule has 0 aromatic heterocycles. The van der Waals surface area contributed by atoms with Gasteiger partial charge in [-0.2, -0.15) is 0 Å². The highest BCUT2D eigenvalue weighted by atomic mass is 35.5. The van der Waals surface area contributed by atoms with Crippen molar-refractivity contribution in [1.29, 1.82) is 0 Å². The molecule has 0 fully saturated rings. The predicted octanol–water partition coefficient (Wildman–Crippen LogP) is 2.43. The summed E-state index contributed by atoms with van der Waals surface area (Å²) in [6.07, 6.45) is 0. The Balaban J connectivity index is 2.69. The van der Waals surface area contributed by atoms with E-state index in [4.69, 9.17) is 21.4 Å². The number of carboxylic acids is 1. The zero-order chi connectivity index (χ0) is 15.3. The molecule has 0 bridgehead atoms. The fourth-order valence-corrected chi connectivity index (χ4v) is 1.79. The van der Waals surface area contributed by atoms with Crippen molar-refractivity contribution in [2.45, 2.75) is 26.3 Å². The Kier molecular flexibility index (Phi) is 5.39. The number of carbonyl (C=O) groups excluding carboxylic acids is 1. The topological polar surface area (TPSA) is 66.8 Å². The maximum Gasteiger partial charge on any atom is 0.323 e. The second-order valence-corrected chi connectivity index (χ2v) is 5.73. The maximum atomic E-state index is 12.1. The summed E-state index contributed by atoms with van der Waals surface area (Å²) in [5.74, 6) is -0.981. The van der Waals surface area contributed by atoms with Gasteiger partial charge in [-0.3, -0.25) is 9.59 Å². The lowest BCUT2D eigenvalue weighted by molar-refractivity contribution is -0.149. The first kappa shape index (κ1) is 16.3. The summed E-state index contributed by atoms with van der Waals surface area (Å²) >= 11 is 5.81. The molecule has 0 radical (unpaired) electrons. The quantitative estimate of drug-likeness (QED) is 0.907. The van der Waals surface area contributed by atoms with Crippen molar-refractivity contribution in [3.63, 3.8) is 0 Å². The number of ether oxygens (including phenoxy) is 1. The van der Waals surface area contributed by atoms with Gasteiger partial charge in [0.1, 0.15) is 12.3 Å². The molecule has 1 aromatic carbocycles. The van der Waals surface area contributed by atoms with Crippen LogP contribution in [0.2, 0.25) is 5.02 Å². The Bertz CT molecular complexity index is 496. The Hall–Kier alpha value is -1.75. The maximum absolute atomic E-state index is 12.1. The van der Waals surface area contributed by atoms with Gasteiger partial charge in [-0.05, 0) is 39.0 Å². The molecule has 110 valence electrons. The third kappa shape index (κ3) is 5.09. The van der Waals surface area contributed by atoms with Crippen LogP contribution in [-0.2, 0) is 9.59 Å². The van der Waals surface area contributed by atoms with E-state index in [0.717, 1.165) is 0 Å². The van der Waals surface area contributed by atoms with Crippen LogP contribution in [-0.4, -0.2) is 40.6 Å². The number of nitrogens with zero attached hydrogens (tertiary/aromatic N) is 1. The molecule has 20 heavy (non-hydrogen) atoms. The molecular weight excluding hydrogens is 282 g/mol. The van der Waals surface area contributed by atoms with Crippen molar-refractivity contribution in [1.82, 2.24) is 4.90 Å². The molecule has 0 spiro atoms. The van der Waals surface area contributed by atoms with Crippen LogP contribution in [0.15, 0.2) is 24.3 Å². The molecule has 6 heteroatoms. The highest BCUT2D eigenvalue weighted by Crippen LogP contribution is 2.18. The van der Waals surface area contributed by atoms with Gasteiger partial charge >= 0.3 is 5.97 Å². The van der Waals surface area contributed by atoms with Gasteiger partial charge in [-0.1, -0.05) is 17.7 Å². The molecule has 1 amide bonds. The Morgan fingerprint density at radius 3 is 2.50 bits per heavy atom. The molecular formula is C14H18ClNO4. The second-order valence-electron chi connectivity index (χ2n) is 5.29. The molecule has 5 nitrogen and oxygen atoms in total. The fraction of sp³-hybridized carbons (Fsp3) is 0.429. The molecule has 1 rings (SSSR count). The Morgan fingerprint density at radius 2 is 2.00 bits per heavy atom. The highest BCUT2D eigenvalue weighted by Gasteiger charge is 2.28. The third-order valence-corrected chi connectivity index (χ3v) is 2.80. The summed E-state index contributed by atoms with van der Waals surface area (Å²) in [5, 5.41) is 9.37. The van der Waals surface area contributed by atoms with Crippen molar-refractivity contribution in [3.8, 4) is 5.75 Å². The predicted molar refractivity (Wildman–Crippen MR) is 76.0 cm³/mol. The van der Waals surface area contributed by atoms with Gasteiger partial charge in [-0.25, -0.2) is 0 Å². The number of carboxylic acid groups (broad SMARTS) is 1. The number of amides is 1. The van der Waals surface area contributed by atoms with Crippen molar-refractivity contribution >= 4 is 23.5 Å². The van der Waals surface area contributed by atoms with Gasteiger partial charge in [-0.15, -0.1) is 0 Å². The van der Waals surface area contributed by atoms with Gasteiger partial charge in [0.15, 0.2) is 6.61 Å². The first-order valence-electron chi connectivity index (χ1n) is 6.11. The summed E-state index contributed by atoms with van der Waals surface area (Å²) < 4.78 is 5.34. The van der Waals surface area contributed by atoms with Crippen molar-refractivity contribution in [2.75, 3.05) is 13.2 Å². The van der Waals surface area contributed by atoms with E-state index in [1.54, 1.807) is 45.0 Å². The minimum Gasteiger partial charge on any atom is -0.484 e. The van der Waals surface area contributed by atoms with Crippen LogP contribution in [0.4, 0.5) is 0 Å². The first-order valence-corrected chi connectivity index (χ1v) is 6.48. The van der Waals surface area contributed by atoms with Crippen LogP contribution < -0.4 is 4.74 Å². The molecule has 1 N–H and O–H groups in total. The van der Waals surface area contributed by atoms with Crippen molar-refractivity contribution in [3.05, 3.63) is 29.3 Å². The normalized spacial score (nSPS) is 11.0. The minimum atomic E-state index is -1.06. The lowest BCUT2D eigenvalue weighted by Gasteiger charge is -2.34. The van der Waals surface area contributed by atoms with Crippen LogP contribution >= 0.6 is 11.6 Å². The lowest BCUT2D eigenvalue weighted by Crippen LogP contribution is -2.50. The van der Waals surface area contributed by atoms with E-state index >= 15 is 0 Å². The van der Waals surface area contributed by atoms with Gasteiger partial charge in [0, 0.05) is 10.6 Å². The number of hydrogen-bond acceptors (Lipinski definition) is 3. The van der Waals surface area contributed by atoms with E-state index < -0.39 is 11.5 Å². The van der Waals surface area contributed by atoms with Crippen LogP contribution in [0.3, 0.4) is 0 Å². The van der Waals surface area contributed by atoms with E-state index in [2.05, 4.69) is 0 Å². The van der Waals surface area contributed by atoms with Gasteiger partial charge in [0.05, 0.1) is 0 Å². The summed E-state index contributed by atoms with van der Waals surface area (Å²) in [6.45, 7) is 4.72. The SMILES string of the molecule is CC(C)(C)N(CC(=O)O)C(=O)COc1cccc(Cl)c1. The molecule has 0 heterocycles. The Morgan fingerprint density at radius 1 is 1.35 bits per heavy atom. The number of halogens is 1. The molecule has 0 saturated carbocycles. The number of rotatable bonds is 5.